The van der Waals surface area contributed by atoms with Crippen LogP contribution in [0.5, 0.6) is 0 Å². The van der Waals surface area contributed by atoms with Crippen molar-refractivity contribution in [1.82, 2.24) is 9.97 Å². The van der Waals surface area contributed by atoms with Gasteiger partial charge in [-0.2, -0.15) is 0 Å². The normalized spacial score (nSPS) is 10.6. The maximum Gasteiger partial charge on any atom is 0.274 e. The van der Waals surface area contributed by atoms with Gasteiger partial charge in [-0.05, 0) is 49.6 Å². The van der Waals surface area contributed by atoms with Gasteiger partial charge in [-0.3, -0.25) is 4.79 Å². The Hall–Kier alpha value is -2.99. The SMILES string of the molecule is Cc1nc(NCCc2ccccc2F)cc(C(=O)Nc2cc(Cl)ccc2C)n1. The Morgan fingerprint density at radius 1 is 1.11 bits per heavy atom. The van der Waals surface area contributed by atoms with Crippen LogP contribution in [0.1, 0.15) is 27.4 Å². The molecular formula is C21H20ClFN4O. The number of rotatable bonds is 6. The van der Waals surface area contributed by atoms with Crippen molar-refractivity contribution >= 4 is 29.0 Å². The second-order valence-electron chi connectivity index (χ2n) is 6.37. The van der Waals surface area contributed by atoms with Gasteiger partial charge in [0.15, 0.2) is 0 Å². The second-order valence-corrected chi connectivity index (χ2v) is 6.80. The Labute approximate surface area is 168 Å². The summed E-state index contributed by atoms with van der Waals surface area (Å²) in [6, 6.07) is 13.5. The van der Waals surface area contributed by atoms with Crippen LogP contribution in [0.25, 0.3) is 0 Å². The van der Waals surface area contributed by atoms with Crippen molar-refractivity contribution in [1.29, 1.82) is 0 Å². The lowest BCUT2D eigenvalue weighted by molar-refractivity contribution is 0.102. The third-order valence-corrected chi connectivity index (χ3v) is 4.41. The third kappa shape index (κ3) is 5.04. The highest BCUT2D eigenvalue weighted by Crippen LogP contribution is 2.21. The lowest BCUT2D eigenvalue weighted by Crippen LogP contribution is -2.17. The third-order valence-electron chi connectivity index (χ3n) is 4.18. The summed E-state index contributed by atoms with van der Waals surface area (Å²) in [4.78, 5) is 21.1. The van der Waals surface area contributed by atoms with E-state index in [-0.39, 0.29) is 17.4 Å². The molecule has 0 unspecified atom stereocenters. The lowest BCUT2D eigenvalue weighted by atomic mass is 10.1. The van der Waals surface area contributed by atoms with Crippen LogP contribution >= 0.6 is 11.6 Å². The van der Waals surface area contributed by atoms with E-state index in [1.54, 1.807) is 43.3 Å². The number of hydrogen-bond acceptors (Lipinski definition) is 4. The van der Waals surface area contributed by atoms with Crippen molar-refractivity contribution in [2.75, 3.05) is 17.2 Å². The number of nitrogens with one attached hydrogen (secondary N) is 2. The molecule has 3 aromatic rings. The van der Waals surface area contributed by atoms with Crippen molar-refractivity contribution in [3.63, 3.8) is 0 Å². The first-order valence-corrected chi connectivity index (χ1v) is 9.20. The fourth-order valence-electron chi connectivity index (χ4n) is 2.72. The summed E-state index contributed by atoms with van der Waals surface area (Å²) in [5, 5.41) is 6.48. The number of amides is 1. The first-order chi connectivity index (χ1) is 13.4. The number of benzene rings is 2. The molecule has 0 aliphatic heterocycles. The molecule has 5 nitrogen and oxygen atoms in total. The number of carbonyl (C=O) groups is 1. The Balaban J connectivity index is 1.69. The standard InChI is InChI=1S/C21H20ClFN4O/c1-13-7-8-16(22)11-18(13)27-21(28)19-12-20(26-14(2)25-19)24-10-9-15-5-3-4-6-17(15)23/h3-8,11-12H,9-10H2,1-2H3,(H,27,28)(H,24,25,26). The minimum atomic E-state index is -0.354. The van der Waals surface area contributed by atoms with E-state index in [1.165, 1.54) is 6.07 Å². The Bertz CT molecular complexity index is 1010. The topological polar surface area (TPSA) is 66.9 Å². The smallest absolute Gasteiger partial charge is 0.274 e. The molecule has 7 heteroatoms. The molecule has 2 N–H and O–H groups in total. The van der Waals surface area contributed by atoms with E-state index in [0.717, 1.165) is 5.56 Å². The van der Waals surface area contributed by atoms with Crippen LogP contribution in [0.15, 0.2) is 48.5 Å². The van der Waals surface area contributed by atoms with Gasteiger partial charge in [0.2, 0.25) is 0 Å². The van der Waals surface area contributed by atoms with Crippen LogP contribution in [0.3, 0.4) is 0 Å². The van der Waals surface area contributed by atoms with Crippen LogP contribution in [0, 0.1) is 19.7 Å². The summed E-state index contributed by atoms with van der Waals surface area (Å²) in [6.45, 7) is 4.07. The van der Waals surface area contributed by atoms with E-state index in [1.807, 2.05) is 13.0 Å². The average molecular weight is 399 g/mol. The van der Waals surface area contributed by atoms with E-state index >= 15 is 0 Å². The fourth-order valence-corrected chi connectivity index (χ4v) is 2.89. The van der Waals surface area contributed by atoms with E-state index in [9.17, 15) is 9.18 Å². The Morgan fingerprint density at radius 2 is 1.89 bits per heavy atom. The number of nitrogens with zero attached hydrogens (tertiary/aromatic N) is 2. The van der Waals surface area contributed by atoms with Crippen LogP contribution in [0.2, 0.25) is 5.02 Å². The molecule has 1 aromatic heterocycles. The van der Waals surface area contributed by atoms with Crippen LogP contribution < -0.4 is 10.6 Å². The van der Waals surface area contributed by atoms with Gasteiger partial charge < -0.3 is 10.6 Å². The van der Waals surface area contributed by atoms with Gasteiger partial charge in [0.05, 0.1) is 0 Å². The monoisotopic (exact) mass is 398 g/mol. The zero-order chi connectivity index (χ0) is 20.1. The maximum atomic E-state index is 13.7. The molecule has 1 amide bonds. The van der Waals surface area contributed by atoms with Gasteiger partial charge in [-0.15, -0.1) is 0 Å². The highest BCUT2D eigenvalue weighted by atomic mass is 35.5. The van der Waals surface area contributed by atoms with E-state index in [0.29, 0.717) is 40.9 Å². The van der Waals surface area contributed by atoms with Crippen molar-refractivity contribution < 1.29 is 9.18 Å². The predicted molar refractivity (Wildman–Crippen MR) is 110 cm³/mol. The molecule has 0 aliphatic rings. The number of hydrogen-bond donors (Lipinski definition) is 2. The highest BCUT2D eigenvalue weighted by Gasteiger charge is 2.12. The fraction of sp³-hybridized carbons (Fsp3) is 0.190. The van der Waals surface area contributed by atoms with Gasteiger partial charge >= 0.3 is 0 Å². The number of aryl methyl sites for hydroxylation is 2. The molecular weight excluding hydrogens is 379 g/mol. The Kier molecular flexibility index (Phi) is 6.21. The predicted octanol–water partition coefficient (Wildman–Crippen LogP) is 4.79. The number of aromatic nitrogens is 2. The molecule has 0 fully saturated rings. The first-order valence-electron chi connectivity index (χ1n) is 8.83. The molecule has 0 saturated carbocycles. The second kappa shape index (κ2) is 8.80. The largest absolute Gasteiger partial charge is 0.370 e. The van der Waals surface area contributed by atoms with Gasteiger partial charge in [-0.25, -0.2) is 14.4 Å². The average Bonchev–Trinajstić information content (AvgIpc) is 2.66. The summed E-state index contributed by atoms with van der Waals surface area (Å²) in [5.41, 5.74) is 2.38. The maximum absolute atomic E-state index is 13.7. The number of carbonyl (C=O) groups excluding carboxylic acids is 1. The summed E-state index contributed by atoms with van der Waals surface area (Å²) in [7, 11) is 0. The van der Waals surface area contributed by atoms with Gasteiger partial charge in [0, 0.05) is 23.3 Å². The van der Waals surface area contributed by atoms with Crippen molar-refractivity contribution in [3.05, 3.63) is 82.0 Å². The molecule has 0 saturated heterocycles. The molecule has 0 spiro atoms. The van der Waals surface area contributed by atoms with Gasteiger partial charge in [0.1, 0.15) is 23.2 Å². The van der Waals surface area contributed by atoms with Gasteiger partial charge in [-0.1, -0.05) is 35.9 Å². The Morgan fingerprint density at radius 3 is 2.68 bits per heavy atom. The van der Waals surface area contributed by atoms with E-state index in [4.69, 9.17) is 11.6 Å². The zero-order valence-electron chi connectivity index (χ0n) is 15.6. The quantitative estimate of drug-likeness (QED) is 0.626. The number of halogens is 2. The summed E-state index contributed by atoms with van der Waals surface area (Å²) in [6.07, 6.45) is 0.499. The highest BCUT2D eigenvalue weighted by molar-refractivity contribution is 6.31. The molecule has 3 rings (SSSR count). The van der Waals surface area contributed by atoms with Crippen molar-refractivity contribution in [2.24, 2.45) is 0 Å². The van der Waals surface area contributed by atoms with E-state index < -0.39 is 0 Å². The lowest BCUT2D eigenvalue weighted by Gasteiger charge is -2.11. The van der Waals surface area contributed by atoms with Crippen LogP contribution in [0.4, 0.5) is 15.9 Å². The minimum Gasteiger partial charge on any atom is -0.370 e. The summed E-state index contributed by atoms with van der Waals surface area (Å²) < 4.78 is 13.7. The molecule has 0 aliphatic carbocycles. The zero-order valence-corrected chi connectivity index (χ0v) is 16.3. The minimum absolute atomic E-state index is 0.236. The van der Waals surface area contributed by atoms with E-state index in [2.05, 4.69) is 20.6 Å². The van der Waals surface area contributed by atoms with Crippen LogP contribution in [-0.4, -0.2) is 22.4 Å². The molecule has 1 heterocycles. The summed E-state index contributed by atoms with van der Waals surface area (Å²) in [5.74, 6) is 0.383. The molecule has 0 radical (unpaired) electrons. The van der Waals surface area contributed by atoms with Crippen molar-refractivity contribution in [3.8, 4) is 0 Å². The first kappa shape index (κ1) is 19.8. The number of anilines is 2. The van der Waals surface area contributed by atoms with Crippen LogP contribution in [-0.2, 0) is 6.42 Å². The molecule has 28 heavy (non-hydrogen) atoms. The van der Waals surface area contributed by atoms with Gasteiger partial charge in [0.25, 0.3) is 5.91 Å². The van der Waals surface area contributed by atoms with Crippen molar-refractivity contribution in [2.45, 2.75) is 20.3 Å². The summed E-state index contributed by atoms with van der Waals surface area (Å²) >= 11 is 6.00. The molecule has 2 aromatic carbocycles. The molecule has 144 valence electrons. The molecule has 0 bridgehead atoms. The molecule has 0 atom stereocenters.